The molecule has 1 aliphatic carbocycles. The summed E-state index contributed by atoms with van der Waals surface area (Å²) in [5, 5.41) is 6.24. The van der Waals surface area contributed by atoms with Crippen LogP contribution < -0.4 is 10.6 Å². The number of nitrogens with one attached hydrogen (secondary N) is 2. The van der Waals surface area contributed by atoms with Crippen molar-refractivity contribution < 1.29 is 13.7 Å². The quantitative estimate of drug-likeness (QED) is 0.824. The van der Waals surface area contributed by atoms with E-state index >= 15 is 0 Å². The molecule has 2 N–H and O–H groups in total. The molecule has 1 heterocycles. The molecule has 4 atom stereocenters. The Hall–Kier alpha value is -0.620. The second-order valence-electron chi connectivity index (χ2n) is 7.94. The average molecular weight is 345 g/mol. The maximum Gasteiger partial charge on any atom is 0.315 e. The summed E-state index contributed by atoms with van der Waals surface area (Å²) < 4.78 is 18.2. The van der Waals surface area contributed by atoms with Crippen molar-refractivity contribution in [2.45, 2.75) is 95.3 Å². The number of carbonyl (C=O) groups excluding carboxylic acids is 1. The van der Waals surface area contributed by atoms with Gasteiger partial charge in [0.05, 0.1) is 22.5 Å². The highest BCUT2D eigenvalue weighted by Crippen LogP contribution is 2.37. The standard InChI is InChI=1S/C17H32N2O3S/c1-6-23(21)13-10-8-7-9-12(13)18-15(20)19-14-11-16(2,3)22-17(14,4)5/h12-14H,6-11H2,1-5H3,(H2,18,19,20)/t12-,13-,14+,23+/m1/s1. The molecule has 0 aromatic carbocycles. The van der Waals surface area contributed by atoms with Gasteiger partial charge in [-0.15, -0.1) is 0 Å². The monoisotopic (exact) mass is 344 g/mol. The van der Waals surface area contributed by atoms with Crippen molar-refractivity contribution in [3.63, 3.8) is 0 Å². The Morgan fingerprint density at radius 1 is 1.17 bits per heavy atom. The lowest BCUT2D eigenvalue weighted by Crippen LogP contribution is -2.55. The van der Waals surface area contributed by atoms with Gasteiger partial charge in [-0.1, -0.05) is 19.8 Å². The van der Waals surface area contributed by atoms with Gasteiger partial charge in [-0.25, -0.2) is 4.79 Å². The summed E-state index contributed by atoms with van der Waals surface area (Å²) >= 11 is 0. The fourth-order valence-corrected chi connectivity index (χ4v) is 5.37. The van der Waals surface area contributed by atoms with E-state index in [4.69, 9.17) is 4.74 Å². The molecule has 1 saturated heterocycles. The molecule has 1 saturated carbocycles. The highest BCUT2D eigenvalue weighted by molar-refractivity contribution is 7.85. The SMILES string of the molecule is CC[S@](=O)[C@@H]1CCCC[C@H]1NC(=O)N[C@H]1CC(C)(C)OC1(C)C. The van der Waals surface area contributed by atoms with Gasteiger partial charge in [0.25, 0.3) is 0 Å². The molecule has 134 valence electrons. The van der Waals surface area contributed by atoms with E-state index in [0.29, 0.717) is 5.75 Å². The zero-order valence-electron chi connectivity index (χ0n) is 15.1. The highest BCUT2D eigenvalue weighted by Gasteiger charge is 2.46. The van der Waals surface area contributed by atoms with E-state index in [-0.39, 0.29) is 34.6 Å². The molecule has 2 fully saturated rings. The Morgan fingerprint density at radius 3 is 2.39 bits per heavy atom. The van der Waals surface area contributed by atoms with Crippen molar-refractivity contribution in [3.8, 4) is 0 Å². The third kappa shape index (κ3) is 4.69. The van der Waals surface area contributed by atoms with E-state index in [1.54, 1.807) is 0 Å². The third-order valence-corrected chi connectivity index (χ3v) is 6.83. The minimum atomic E-state index is -0.859. The first-order chi connectivity index (χ1) is 10.6. The van der Waals surface area contributed by atoms with E-state index < -0.39 is 10.8 Å². The number of amides is 2. The molecular weight excluding hydrogens is 312 g/mol. The first-order valence-corrected chi connectivity index (χ1v) is 10.2. The number of hydrogen-bond donors (Lipinski definition) is 2. The van der Waals surface area contributed by atoms with Crippen molar-refractivity contribution in [2.24, 2.45) is 0 Å². The fourth-order valence-electron chi connectivity index (χ4n) is 3.95. The second kappa shape index (κ2) is 7.09. The Bertz CT molecular complexity index is 465. The molecule has 1 aliphatic heterocycles. The van der Waals surface area contributed by atoms with Gasteiger partial charge in [-0.2, -0.15) is 0 Å². The summed E-state index contributed by atoms with van der Waals surface area (Å²) in [6, 6.07) is -0.159. The number of urea groups is 1. The van der Waals surface area contributed by atoms with Crippen LogP contribution in [-0.4, -0.2) is 44.5 Å². The lowest BCUT2D eigenvalue weighted by Gasteiger charge is -2.33. The van der Waals surface area contributed by atoms with Gasteiger partial charge in [-0.3, -0.25) is 4.21 Å². The van der Waals surface area contributed by atoms with Crippen molar-refractivity contribution in [3.05, 3.63) is 0 Å². The van der Waals surface area contributed by atoms with Crippen LogP contribution in [0.3, 0.4) is 0 Å². The smallest absolute Gasteiger partial charge is 0.315 e. The molecule has 0 bridgehead atoms. The predicted octanol–water partition coefficient (Wildman–Crippen LogP) is 2.71. The van der Waals surface area contributed by atoms with Crippen LogP contribution in [0.2, 0.25) is 0 Å². The Morgan fingerprint density at radius 2 is 1.83 bits per heavy atom. The number of rotatable bonds is 4. The minimum absolute atomic E-state index is 0.0166. The van der Waals surface area contributed by atoms with Gasteiger partial charge < -0.3 is 15.4 Å². The van der Waals surface area contributed by atoms with Gasteiger partial charge in [0.2, 0.25) is 0 Å². The second-order valence-corrected chi connectivity index (χ2v) is 9.88. The summed E-state index contributed by atoms with van der Waals surface area (Å²) in [4.78, 5) is 12.4. The topological polar surface area (TPSA) is 67.4 Å². The molecule has 0 aromatic heterocycles. The van der Waals surface area contributed by atoms with Crippen molar-refractivity contribution in [2.75, 3.05) is 5.75 Å². The maximum atomic E-state index is 12.4. The van der Waals surface area contributed by atoms with Crippen LogP contribution in [0, 0.1) is 0 Å². The number of ether oxygens (including phenoxy) is 1. The van der Waals surface area contributed by atoms with E-state index in [1.807, 2.05) is 20.8 Å². The van der Waals surface area contributed by atoms with E-state index in [1.165, 1.54) is 0 Å². The van der Waals surface area contributed by atoms with Gasteiger partial charge >= 0.3 is 6.03 Å². The van der Waals surface area contributed by atoms with Gasteiger partial charge in [0.15, 0.2) is 0 Å². The highest BCUT2D eigenvalue weighted by atomic mass is 32.2. The zero-order valence-corrected chi connectivity index (χ0v) is 15.9. The summed E-state index contributed by atoms with van der Waals surface area (Å²) in [6.45, 7) is 10.1. The molecule has 0 spiro atoms. The Labute approximate surface area is 142 Å². The molecule has 5 nitrogen and oxygen atoms in total. The van der Waals surface area contributed by atoms with Crippen LogP contribution in [0.5, 0.6) is 0 Å². The van der Waals surface area contributed by atoms with E-state index in [9.17, 15) is 9.00 Å². The number of carbonyl (C=O) groups is 1. The van der Waals surface area contributed by atoms with Crippen LogP contribution in [0.1, 0.15) is 66.7 Å². The summed E-state index contributed by atoms with van der Waals surface area (Å²) in [7, 11) is -0.859. The maximum absolute atomic E-state index is 12.4. The average Bonchev–Trinajstić information content (AvgIpc) is 2.65. The van der Waals surface area contributed by atoms with Crippen LogP contribution >= 0.6 is 0 Å². The van der Waals surface area contributed by atoms with Crippen LogP contribution in [-0.2, 0) is 15.5 Å². The summed E-state index contributed by atoms with van der Waals surface area (Å²) in [5.41, 5.74) is -0.600. The Balaban J connectivity index is 1.94. The summed E-state index contributed by atoms with van der Waals surface area (Å²) in [5.74, 6) is 0.655. The van der Waals surface area contributed by atoms with Crippen molar-refractivity contribution >= 4 is 16.8 Å². The Kier molecular flexibility index (Phi) is 5.77. The molecule has 0 radical (unpaired) electrons. The van der Waals surface area contributed by atoms with Crippen LogP contribution in [0.15, 0.2) is 0 Å². The zero-order chi connectivity index (χ0) is 17.3. The lowest BCUT2D eigenvalue weighted by molar-refractivity contribution is -0.0691. The first kappa shape index (κ1) is 18.7. The molecule has 0 aromatic rings. The fraction of sp³-hybridized carbons (Fsp3) is 0.941. The van der Waals surface area contributed by atoms with E-state index in [0.717, 1.165) is 32.1 Å². The summed E-state index contributed by atoms with van der Waals surface area (Å²) in [6.07, 6.45) is 4.85. The molecule has 2 amide bonds. The van der Waals surface area contributed by atoms with Crippen molar-refractivity contribution in [1.29, 1.82) is 0 Å². The molecule has 23 heavy (non-hydrogen) atoms. The molecule has 2 rings (SSSR count). The predicted molar refractivity (Wildman–Crippen MR) is 94.0 cm³/mol. The van der Waals surface area contributed by atoms with Crippen LogP contribution in [0.25, 0.3) is 0 Å². The molecule has 2 aliphatic rings. The minimum Gasteiger partial charge on any atom is -0.367 e. The van der Waals surface area contributed by atoms with E-state index in [2.05, 4.69) is 24.5 Å². The molecular formula is C17H32N2O3S. The number of hydrogen-bond acceptors (Lipinski definition) is 3. The van der Waals surface area contributed by atoms with Gasteiger partial charge in [0.1, 0.15) is 0 Å². The molecule has 0 unspecified atom stereocenters. The third-order valence-electron chi connectivity index (χ3n) is 5.02. The first-order valence-electron chi connectivity index (χ1n) is 8.79. The van der Waals surface area contributed by atoms with Crippen molar-refractivity contribution in [1.82, 2.24) is 10.6 Å². The normalized spacial score (nSPS) is 33.9. The van der Waals surface area contributed by atoms with Gasteiger partial charge in [0, 0.05) is 22.6 Å². The largest absolute Gasteiger partial charge is 0.367 e. The molecule has 6 heteroatoms. The van der Waals surface area contributed by atoms with Crippen LogP contribution in [0.4, 0.5) is 4.79 Å². The van der Waals surface area contributed by atoms with Gasteiger partial charge in [-0.05, 0) is 47.0 Å². The lowest BCUT2D eigenvalue weighted by atomic mass is 9.94.